The molecule has 0 aromatic carbocycles. The van der Waals surface area contributed by atoms with Gasteiger partial charge in [-0.3, -0.25) is 0 Å². The molecule has 0 nitrogen and oxygen atoms in total. The van der Waals surface area contributed by atoms with E-state index in [1.807, 2.05) is 0 Å². The zero-order valence-corrected chi connectivity index (χ0v) is 12.3. The maximum absolute atomic E-state index is 2.70. The Labute approximate surface area is 113 Å². The standard InChI is InChI=1S/C18H30/c1-12-16-5-3-4-14(16)11-17(12)18(2)9-8-13-6-7-15(18)10-13/h12-17H,3-11H2,1-2H3. The van der Waals surface area contributed by atoms with Gasteiger partial charge in [0, 0.05) is 0 Å². The van der Waals surface area contributed by atoms with Crippen molar-refractivity contribution >= 4 is 0 Å². The van der Waals surface area contributed by atoms with Crippen molar-refractivity contribution in [3.05, 3.63) is 0 Å². The van der Waals surface area contributed by atoms with Crippen LogP contribution in [-0.4, -0.2) is 0 Å². The summed E-state index contributed by atoms with van der Waals surface area (Å²) in [7, 11) is 0. The molecule has 4 fully saturated rings. The van der Waals surface area contributed by atoms with Crippen LogP contribution in [0.2, 0.25) is 0 Å². The van der Waals surface area contributed by atoms with Crippen LogP contribution in [0.25, 0.3) is 0 Å². The third-order valence-corrected chi connectivity index (χ3v) is 8.00. The second-order valence-electron chi connectivity index (χ2n) is 8.48. The van der Waals surface area contributed by atoms with E-state index in [-0.39, 0.29) is 0 Å². The van der Waals surface area contributed by atoms with Gasteiger partial charge in [-0.25, -0.2) is 0 Å². The number of rotatable bonds is 1. The fourth-order valence-electron chi connectivity index (χ4n) is 6.90. The number of hydrogen-bond acceptors (Lipinski definition) is 0. The van der Waals surface area contributed by atoms with Crippen LogP contribution in [0.5, 0.6) is 0 Å². The first kappa shape index (κ1) is 11.8. The summed E-state index contributed by atoms with van der Waals surface area (Å²) in [6.07, 6.45) is 14.1. The molecule has 0 radical (unpaired) electrons. The van der Waals surface area contributed by atoms with Gasteiger partial charge in [0.2, 0.25) is 0 Å². The summed E-state index contributed by atoms with van der Waals surface area (Å²) in [5, 5.41) is 0. The largest absolute Gasteiger partial charge is 0.0619 e. The van der Waals surface area contributed by atoms with E-state index in [0.29, 0.717) is 0 Å². The summed E-state index contributed by atoms with van der Waals surface area (Å²) in [5.41, 5.74) is 0.733. The third kappa shape index (κ3) is 1.50. The van der Waals surface area contributed by atoms with Gasteiger partial charge >= 0.3 is 0 Å². The van der Waals surface area contributed by atoms with Crippen LogP contribution in [0.3, 0.4) is 0 Å². The summed E-state index contributed by atoms with van der Waals surface area (Å²) in [5.74, 6) is 6.59. The van der Waals surface area contributed by atoms with Gasteiger partial charge in [-0.1, -0.05) is 33.1 Å². The summed E-state index contributed by atoms with van der Waals surface area (Å²) in [6, 6.07) is 0. The molecule has 4 saturated carbocycles. The van der Waals surface area contributed by atoms with Gasteiger partial charge in [0.15, 0.2) is 0 Å². The monoisotopic (exact) mass is 246 g/mol. The molecule has 0 heterocycles. The van der Waals surface area contributed by atoms with Crippen molar-refractivity contribution in [1.29, 1.82) is 0 Å². The molecular weight excluding hydrogens is 216 g/mol. The summed E-state index contributed by atoms with van der Waals surface area (Å²) >= 11 is 0. The van der Waals surface area contributed by atoms with Crippen LogP contribution in [0.1, 0.15) is 71.6 Å². The van der Waals surface area contributed by atoms with Crippen molar-refractivity contribution in [3.63, 3.8) is 0 Å². The van der Waals surface area contributed by atoms with E-state index in [2.05, 4.69) is 13.8 Å². The summed E-state index contributed by atoms with van der Waals surface area (Å²) in [6.45, 7) is 5.31. The molecule has 4 aliphatic carbocycles. The number of hydrogen-bond donors (Lipinski definition) is 0. The van der Waals surface area contributed by atoms with Crippen LogP contribution >= 0.6 is 0 Å². The van der Waals surface area contributed by atoms with E-state index in [9.17, 15) is 0 Å². The molecule has 102 valence electrons. The predicted octanol–water partition coefficient (Wildman–Crippen LogP) is 5.28. The second kappa shape index (κ2) is 4.00. The first-order valence-electron chi connectivity index (χ1n) is 8.68. The lowest BCUT2D eigenvalue weighted by Gasteiger charge is -2.46. The van der Waals surface area contributed by atoms with E-state index < -0.39 is 0 Å². The maximum Gasteiger partial charge on any atom is -0.0266 e. The molecule has 0 saturated heterocycles. The molecule has 0 N–H and O–H groups in total. The van der Waals surface area contributed by atoms with Gasteiger partial charge in [-0.05, 0) is 79.4 Å². The Morgan fingerprint density at radius 3 is 2.67 bits per heavy atom. The van der Waals surface area contributed by atoms with Gasteiger partial charge in [-0.15, -0.1) is 0 Å². The second-order valence-corrected chi connectivity index (χ2v) is 8.48. The van der Waals surface area contributed by atoms with Crippen molar-refractivity contribution < 1.29 is 0 Å². The molecule has 0 heteroatoms. The van der Waals surface area contributed by atoms with Crippen molar-refractivity contribution in [2.45, 2.75) is 71.6 Å². The Morgan fingerprint density at radius 2 is 1.83 bits per heavy atom. The fraction of sp³-hybridized carbons (Fsp3) is 1.00. The topological polar surface area (TPSA) is 0 Å². The first-order valence-corrected chi connectivity index (χ1v) is 8.68. The van der Waals surface area contributed by atoms with Gasteiger partial charge in [0.25, 0.3) is 0 Å². The predicted molar refractivity (Wildman–Crippen MR) is 76.3 cm³/mol. The van der Waals surface area contributed by atoms with Crippen molar-refractivity contribution in [1.82, 2.24) is 0 Å². The van der Waals surface area contributed by atoms with Gasteiger partial charge in [0.05, 0.1) is 0 Å². The minimum absolute atomic E-state index is 0.733. The van der Waals surface area contributed by atoms with Crippen molar-refractivity contribution in [2.24, 2.45) is 40.9 Å². The van der Waals surface area contributed by atoms with E-state index in [1.54, 1.807) is 51.4 Å². The zero-order chi connectivity index (χ0) is 12.3. The lowest BCUT2D eigenvalue weighted by molar-refractivity contribution is 0.0264. The van der Waals surface area contributed by atoms with E-state index in [1.165, 1.54) is 6.42 Å². The van der Waals surface area contributed by atoms with Crippen LogP contribution < -0.4 is 0 Å². The summed E-state index contributed by atoms with van der Waals surface area (Å²) < 4.78 is 0. The van der Waals surface area contributed by atoms with Crippen molar-refractivity contribution in [3.8, 4) is 0 Å². The maximum atomic E-state index is 2.70. The average Bonchev–Trinajstić information content (AvgIpc) is 3.03. The van der Waals surface area contributed by atoms with E-state index >= 15 is 0 Å². The molecule has 0 spiro atoms. The first-order chi connectivity index (χ1) is 8.68. The third-order valence-electron chi connectivity index (χ3n) is 8.00. The minimum atomic E-state index is 0.733. The van der Waals surface area contributed by atoms with Crippen LogP contribution in [0.15, 0.2) is 0 Å². The zero-order valence-electron chi connectivity index (χ0n) is 12.3. The van der Waals surface area contributed by atoms with Crippen LogP contribution in [-0.2, 0) is 0 Å². The minimum Gasteiger partial charge on any atom is -0.0619 e. The molecular formula is C18H30. The molecule has 18 heavy (non-hydrogen) atoms. The van der Waals surface area contributed by atoms with Gasteiger partial charge < -0.3 is 0 Å². The molecule has 0 aromatic rings. The molecule has 0 amide bonds. The quantitative estimate of drug-likeness (QED) is 0.591. The Morgan fingerprint density at radius 1 is 0.944 bits per heavy atom. The van der Waals surface area contributed by atoms with Gasteiger partial charge in [0.1, 0.15) is 0 Å². The van der Waals surface area contributed by atoms with Gasteiger partial charge in [-0.2, -0.15) is 0 Å². The molecule has 7 atom stereocenters. The molecule has 0 aliphatic heterocycles. The van der Waals surface area contributed by atoms with Crippen molar-refractivity contribution in [2.75, 3.05) is 0 Å². The number of fused-ring (bicyclic) bond motifs is 3. The van der Waals surface area contributed by atoms with Crippen LogP contribution in [0, 0.1) is 40.9 Å². The molecule has 4 rings (SSSR count). The highest BCUT2D eigenvalue weighted by Gasteiger charge is 2.54. The van der Waals surface area contributed by atoms with E-state index in [0.717, 1.165) is 40.9 Å². The average molecular weight is 246 g/mol. The highest BCUT2D eigenvalue weighted by atomic mass is 14.6. The highest BCUT2D eigenvalue weighted by Crippen LogP contribution is 2.63. The molecule has 4 aliphatic rings. The smallest absolute Gasteiger partial charge is 0.0266 e. The Hall–Kier alpha value is 0. The van der Waals surface area contributed by atoms with E-state index in [4.69, 9.17) is 0 Å². The lowest BCUT2D eigenvalue weighted by atomic mass is 9.58. The molecule has 0 aromatic heterocycles. The highest BCUT2D eigenvalue weighted by molar-refractivity contribution is 5.04. The lowest BCUT2D eigenvalue weighted by Crippen LogP contribution is -2.39. The molecule has 2 bridgehead atoms. The fourth-order valence-corrected chi connectivity index (χ4v) is 6.90. The molecule has 7 unspecified atom stereocenters. The Kier molecular flexibility index (Phi) is 2.62. The normalized spacial score (nSPS) is 59.0. The van der Waals surface area contributed by atoms with Crippen LogP contribution in [0.4, 0.5) is 0 Å². The Balaban J connectivity index is 1.59. The SMILES string of the molecule is CC1C2CCCC2CC1C1(C)CCC2CCC1C2. The Bertz CT molecular complexity index is 333. The summed E-state index contributed by atoms with van der Waals surface area (Å²) in [4.78, 5) is 0.